The van der Waals surface area contributed by atoms with Crippen LogP contribution >= 0.6 is 0 Å². The summed E-state index contributed by atoms with van der Waals surface area (Å²) in [4.78, 5) is 26.9. The number of carbonyl (C=O) groups excluding carboxylic acids is 2. The van der Waals surface area contributed by atoms with E-state index in [1.165, 1.54) is 0 Å². The maximum atomic E-state index is 12.8. The van der Waals surface area contributed by atoms with Crippen LogP contribution in [0.2, 0.25) is 0 Å². The number of para-hydroxylation sites is 2. The van der Waals surface area contributed by atoms with Crippen LogP contribution in [0.15, 0.2) is 60.9 Å². The molecule has 2 amide bonds. The van der Waals surface area contributed by atoms with Crippen molar-refractivity contribution in [3.63, 3.8) is 0 Å². The number of carbonyl (C=O) groups is 2. The number of hydrogen-bond acceptors (Lipinski definition) is 5. The summed E-state index contributed by atoms with van der Waals surface area (Å²) in [7, 11) is 0. The molecule has 3 aromatic rings. The highest BCUT2D eigenvalue weighted by atomic mass is 16.6. The highest BCUT2D eigenvalue weighted by molar-refractivity contribution is 6.03. The third-order valence-electron chi connectivity index (χ3n) is 5.70. The second-order valence-corrected chi connectivity index (χ2v) is 8.18. The Morgan fingerprint density at radius 2 is 1.94 bits per heavy atom. The largest absolute Gasteiger partial charge is 0.486 e. The van der Waals surface area contributed by atoms with Gasteiger partial charge in [0.15, 0.2) is 17.6 Å². The maximum Gasteiger partial charge on any atom is 0.229 e. The van der Waals surface area contributed by atoms with Crippen LogP contribution in [0, 0.1) is 12.8 Å². The highest BCUT2D eigenvalue weighted by Gasteiger charge is 2.35. The molecule has 2 aliphatic heterocycles. The van der Waals surface area contributed by atoms with Gasteiger partial charge in [-0.1, -0.05) is 29.8 Å². The number of fused-ring (bicyclic) bond motifs is 1. The molecule has 2 unspecified atom stereocenters. The first kappa shape index (κ1) is 20.1. The number of nitrogens with zero attached hydrogens (tertiary/aromatic N) is 3. The van der Waals surface area contributed by atoms with Crippen LogP contribution in [0.4, 0.5) is 11.4 Å². The number of aromatic nitrogens is 2. The average molecular weight is 432 g/mol. The summed E-state index contributed by atoms with van der Waals surface area (Å²) < 4.78 is 13.4. The quantitative estimate of drug-likeness (QED) is 0.670. The van der Waals surface area contributed by atoms with Gasteiger partial charge in [0.05, 0.1) is 24.3 Å². The lowest BCUT2D eigenvalue weighted by atomic mass is 10.1. The fourth-order valence-electron chi connectivity index (χ4n) is 3.99. The lowest BCUT2D eigenvalue weighted by molar-refractivity contribution is -0.122. The van der Waals surface area contributed by atoms with Crippen molar-refractivity contribution in [3.05, 3.63) is 66.5 Å². The fourth-order valence-corrected chi connectivity index (χ4v) is 3.99. The van der Waals surface area contributed by atoms with Crippen LogP contribution in [0.3, 0.4) is 0 Å². The fraction of sp³-hybridized carbons (Fsp3) is 0.292. The molecule has 0 aliphatic carbocycles. The number of benzene rings is 2. The molecule has 164 valence electrons. The van der Waals surface area contributed by atoms with Crippen molar-refractivity contribution in [3.8, 4) is 11.5 Å². The summed E-state index contributed by atoms with van der Waals surface area (Å²) >= 11 is 0. The van der Waals surface area contributed by atoms with E-state index >= 15 is 0 Å². The van der Waals surface area contributed by atoms with E-state index in [0.717, 1.165) is 17.0 Å². The van der Waals surface area contributed by atoms with Crippen LogP contribution in [-0.2, 0) is 16.1 Å². The molecule has 3 heterocycles. The molecule has 0 bridgehead atoms. The van der Waals surface area contributed by atoms with E-state index in [1.54, 1.807) is 22.0 Å². The number of amides is 2. The Morgan fingerprint density at radius 3 is 2.75 bits per heavy atom. The van der Waals surface area contributed by atoms with Crippen LogP contribution in [0.1, 0.15) is 12.0 Å². The minimum absolute atomic E-state index is 0.0422. The van der Waals surface area contributed by atoms with Gasteiger partial charge in [-0.05, 0) is 31.2 Å². The molecular weight excluding hydrogens is 408 g/mol. The summed E-state index contributed by atoms with van der Waals surface area (Å²) in [6.07, 6.45) is 3.38. The van der Waals surface area contributed by atoms with Crippen molar-refractivity contribution in [1.29, 1.82) is 0 Å². The van der Waals surface area contributed by atoms with Gasteiger partial charge in [-0.15, -0.1) is 0 Å². The molecule has 2 aromatic carbocycles. The van der Waals surface area contributed by atoms with Gasteiger partial charge >= 0.3 is 0 Å². The van der Waals surface area contributed by atoms with E-state index in [2.05, 4.69) is 10.4 Å². The molecule has 1 fully saturated rings. The van der Waals surface area contributed by atoms with Crippen molar-refractivity contribution < 1.29 is 19.1 Å². The Labute approximate surface area is 185 Å². The molecule has 8 nitrogen and oxygen atoms in total. The Bertz CT molecular complexity index is 1140. The molecule has 1 saturated heterocycles. The highest BCUT2D eigenvalue weighted by Crippen LogP contribution is 2.31. The first-order valence-electron chi connectivity index (χ1n) is 10.6. The third kappa shape index (κ3) is 4.16. The SMILES string of the molecule is Cc1ccc(N2CC(C(=O)Nc3cnn(CC4COc5ccccc5O4)c3)CC2=O)cc1. The van der Waals surface area contributed by atoms with Crippen molar-refractivity contribution >= 4 is 23.2 Å². The predicted molar refractivity (Wildman–Crippen MR) is 119 cm³/mol. The van der Waals surface area contributed by atoms with E-state index in [1.807, 2.05) is 55.5 Å². The normalized spacial score (nSPS) is 19.8. The Hall–Kier alpha value is -3.81. The molecule has 32 heavy (non-hydrogen) atoms. The van der Waals surface area contributed by atoms with E-state index in [-0.39, 0.29) is 24.3 Å². The van der Waals surface area contributed by atoms with E-state index < -0.39 is 5.92 Å². The van der Waals surface area contributed by atoms with Crippen LogP contribution in [-0.4, -0.2) is 40.9 Å². The summed E-state index contributed by atoms with van der Waals surface area (Å²) in [6.45, 7) is 3.29. The standard InChI is InChI=1S/C24H24N4O4/c1-16-6-8-19(9-7-16)28-12-17(10-23(28)29)24(30)26-18-11-25-27(13-18)14-20-15-31-21-4-2-3-5-22(21)32-20/h2-9,11,13,17,20H,10,12,14-15H2,1H3,(H,26,30). The molecule has 1 aromatic heterocycles. The van der Waals surface area contributed by atoms with Gasteiger partial charge in [0, 0.05) is 24.8 Å². The molecule has 2 aliphatic rings. The number of aryl methyl sites for hydroxylation is 1. The van der Waals surface area contributed by atoms with Gasteiger partial charge in [0.25, 0.3) is 0 Å². The smallest absolute Gasteiger partial charge is 0.229 e. The van der Waals surface area contributed by atoms with Crippen molar-refractivity contribution in [1.82, 2.24) is 9.78 Å². The monoisotopic (exact) mass is 432 g/mol. The van der Waals surface area contributed by atoms with Crippen molar-refractivity contribution in [2.24, 2.45) is 5.92 Å². The molecule has 0 saturated carbocycles. The number of ether oxygens (including phenoxy) is 2. The minimum Gasteiger partial charge on any atom is -0.486 e. The zero-order valence-electron chi connectivity index (χ0n) is 17.7. The summed E-state index contributed by atoms with van der Waals surface area (Å²) in [5, 5.41) is 7.21. The average Bonchev–Trinajstić information content (AvgIpc) is 3.40. The first-order valence-corrected chi connectivity index (χ1v) is 10.6. The molecule has 1 N–H and O–H groups in total. The van der Waals surface area contributed by atoms with Crippen LogP contribution in [0.5, 0.6) is 11.5 Å². The molecule has 2 atom stereocenters. The minimum atomic E-state index is -0.404. The number of anilines is 2. The predicted octanol–water partition coefficient (Wildman–Crippen LogP) is 3.02. The topological polar surface area (TPSA) is 85.7 Å². The number of rotatable bonds is 5. The van der Waals surface area contributed by atoms with Gasteiger partial charge < -0.3 is 19.7 Å². The molecule has 0 spiro atoms. The van der Waals surface area contributed by atoms with Crippen LogP contribution < -0.4 is 19.7 Å². The van der Waals surface area contributed by atoms with Gasteiger partial charge in [0.1, 0.15) is 6.61 Å². The van der Waals surface area contributed by atoms with Gasteiger partial charge in [-0.2, -0.15) is 5.10 Å². The third-order valence-corrected chi connectivity index (χ3v) is 5.70. The zero-order chi connectivity index (χ0) is 22.1. The van der Waals surface area contributed by atoms with Crippen LogP contribution in [0.25, 0.3) is 0 Å². The van der Waals surface area contributed by atoms with Gasteiger partial charge in [-0.25, -0.2) is 0 Å². The maximum absolute atomic E-state index is 12.8. The zero-order valence-corrected chi connectivity index (χ0v) is 17.7. The summed E-state index contributed by atoms with van der Waals surface area (Å²) in [5.41, 5.74) is 2.54. The lowest BCUT2D eigenvalue weighted by Gasteiger charge is -2.26. The second kappa shape index (κ2) is 8.37. The first-order chi connectivity index (χ1) is 15.5. The Morgan fingerprint density at radius 1 is 1.16 bits per heavy atom. The lowest BCUT2D eigenvalue weighted by Crippen LogP contribution is -2.33. The van der Waals surface area contributed by atoms with Crippen molar-refractivity contribution in [2.45, 2.75) is 26.0 Å². The Balaban J connectivity index is 1.17. The van der Waals surface area contributed by atoms with E-state index in [9.17, 15) is 9.59 Å². The summed E-state index contributed by atoms with van der Waals surface area (Å²) in [6, 6.07) is 15.3. The number of nitrogens with one attached hydrogen (secondary N) is 1. The molecule has 0 radical (unpaired) electrons. The van der Waals surface area contributed by atoms with Gasteiger partial charge in [0.2, 0.25) is 11.8 Å². The van der Waals surface area contributed by atoms with Crippen molar-refractivity contribution in [2.75, 3.05) is 23.4 Å². The summed E-state index contributed by atoms with van der Waals surface area (Å²) in [5.74, 6) is 0.827. The van der Waals surface area contributed by atoms with Gasteiger partial charge in [-0.3, -0.25) is 14.3 Å². The molecule has 8 heteroatoms. The number of hydrogen-bond donors (Lipinski definition) is 1. The molecular formula is C24H24N4O4. The Kier molecular flexibility index (Phi) is 5.26. The second-order valence-electron chi connectivity index (χ2n) is 8.18. The van der Waals surface area contributed by atoms with E-state index in [0.29, 0.717) is 31.1 Å². The molecule has 5 rings (SSSR count). The van der Waals surface area contributed by atoms with E-state index in [4.69, 9.17) is 9.47 Å².